The molecule has 0 aliphatic carbocycles. The average molecular weight is 260 g/mol. The molecule has 1 saturated heterocycles. The zero-order valence-corrected chi connectivity index (χ0v) is 12.2. The van der Waals surface area contributed by atoms with Crippen LogP contribution in [0.4, 0.5) is 5.69 Å². The molecule has 0 unspecified atom stereocenters. The molecule has 0 radical (unpaired) electrons. The van der Waals surface area contributed by atoms with E-state index in [1.54, 1.807) is 0 Å². The molecule has 0 atom stereocenters. The second-order valence-electron chi connectivity index (χ2n) is 6.20. The van der Waals surface area contributed by atoms with E-state index in [0.29, 0.717) is 6.54 Å². The van der Waals surface area contributed by atoms with Gasteiger partial charge in [-0.1, -0.05) is 39.0 Å². The minimum Gasteiger partial charge on any atom is -0.311 e. The molecule has 2 rings (SSSR count). The van der Waals surface area contributed by atoms with Crippen LogP contribution in [0.15, 0.2) is 24.3 Å². The monoisotopic (exact) mass is 260 g/mol. The van der Waals surface area contributed by atoms with Gasteiger partial charge in [0, 0.05) is 12.2 Å². The third-order valence-corrected chi connectivity index (χ3v) is 3.57. The summed E-state index contributed by atoms with van der Waals surface area (Å²) in [6, 6.07) is 8.27. The number of carbonyl (C=O) groups excluding carboxylic acids is 1. The van der Waals surface area contributed by atoms with Gasteiger partial charge in [-0.25, -0.2) is 0 Å². The Hall–Kier alpha value is -1.35. The summed E-state index contributed by atoms with van der Waals surface area (Å²) in [7, 11) is 0. The van der Waals surface area contributed by atoms with Gasteiger partial charge in [0.25, 0.3) is 0 Å². The van der Waals surface area contributed by atoms with Crippen molar-refractivity contribution in [2.24, 2.45) is 0 Å². The van der Waals surface area contributed by atoms with Gasteiger partial charge in [-0.15, -0.1) is 0 Å². The number of amides is 1. The lowest BCUT2D eigenvalue weighted by atomic mass is 9.85. The number of benzene rings is 1. The van der Waals surface area contributed by atoms with E-state index >= 15 is 0 Å². The molecule has 1 aromatic carbocycles. The van der Waals surface area contributed by atoms with E-state index in [-0.39, 0.29) is 11.3 Å². The summed E-state index contributed by atoms with van der Waals surface area (Å²) in [6.45, 7) is 8.79. The van der Waals surface area contributed by atoms with Crippen LogP contribution in [0.5, 0.6) is 0 Å². The number of hydrogen-bond donors (Lipinski definition) is 1. The van der Waals surface area contributed by atoms with Crippen LogP contribution in [-0.4, -0.2) is 25.5 Å². The first-order chi connectivity index (χ1) is 9.00. The topological polar surface area (TPSA) is 32.3 Å². The molecule has 19 heavy (non-hydrogen) atoms. The Labute approximate surface area is 116 Å². The summed E-state index contributed by atoms with van der Waals surface area (Å²) in [6.07, 6.45) is 2.18. The second-order valence-corrected chi connectivity index (χ2v) is 6.20. The van der Waals surface area contributed by atoms with Crippen molar-refractivity contribution in [1.29, 1.82) is 0 Å². The number of anilines is 1. The predicted octanol–water partition coefficient (Wildman–Crippen LogP) is 2.70. The Balaban J connectivity index is 2.36. The van der Waals surface area contributed by atoms with E-state index in [1.807, 2.05) is 11.0 Å². The molecule has 1 aliphatic rings. The smallest absolute Gasteiger partial charge is 0.240 e. The van der Waals surface area contributed by atoms with Crippen LogP contribution in [0.1, 0.15) is 39.2 Å². The highest BCUT2D eigenvalue weighted by Gasteiger charge is 2.24. The first-order valence-electron chi connectivity index (χ1n) is 7.11. The van der Waals surface area contributed by atoms with Gasteiger partial charge in [0.15, 0.2) is 0 Å². The summed E-state index contributed by atoms with van der Waals surface area (Å²) >= 11 is 0. The van der Waals surface area contributed by atoms with Gasteiger partial charge in [0.2, 0.25) is 5.91 Å². The standard InChI is InChI=1S/C16H24N2O/c1-16(2,3)13-8-4-5-9-14(13)18-11-7-6-10-17-12-15(18)19/h4-5,8-9,17H,6-7,10-12H2,1-3H3. The first-order valence-corrected chi connectivity index (χ1v) is 7.11. The first kappa shape index (κ1) is 14.1. The average Bonchev–Trinajstić information content (AvgIpc) is 2.33. The molecule has 3 nitrogen and oxygen atoms in total. The van der Waals surface area contributed by atoms with Crippen molar-refractivity contribution in [2.75, 3.05) is 24.5 Å². The molecule has 0 spiro atoms. The van der Waals surface area contributed by atoms with E-state index in [1.165, 1.54) is 5.56 Å². The summed E-state index contributed by atoms with van der Waals surface area (Å²) < 4.78 is 0. The molecule has 0 aromatic heterocycles. The Morgan fingerprint density at radius 1 is 1.16 bits per heavy atom. The van der Waals surface area contributed by atoms with Gasteiger partial charge < -0.3 is 10.2 Å². The fourth-order valence-electron chi connectivity index (χ4n) is 2.53. The minimum absolute atomic E-state index is 0.0483. The van der Waals surface area contributed by atoms with E-state index in [9.17, 15) is 4.79 Å². The maximum Gasteiger partial charge on any atom is 0.240 e. The van der Waals surface area contributed by atoms with Crippen LogP contribution in [0.3, 0.4) is 0 Å². The highest BCUT2D eigenvalue weighted by Crippen LogP contribution is 2.32. The van der Waals surface area contributed by atoms with Gasteiger partial charge in [-0.2, -0.15) is 0 Å². The highest BCUT2D eigenvalue weighted by atomic mass is 16.2. The third-order valence-electron chi connectivity index (χ3n) is 3.57. The molecule has 1 heterocycles. The van der Waals surface area contributed by atoms with Crippen molar-refractivity contribution in [3.05, 3.63) is 29.8 Å². The maximum atomic E-state index is 12.3. The number of carbonyl (C=O) groups is 1. The quantitative estimate of drug-likeness (QED) is 0.842. The Bertz CT molecular complexity index is 448. The van der Waals surface area contributed by atoms with Gasteiger partial charge >= 0.3 is 0 Å². The molecule has 0 bridgehead atoms. The van der Waals surface area contributed by atoms with Crippen LogP contribution in [-0.2, 0) is 10.2 Å². The third kappa shape index (κ3) is 3.35. The van der Waals surface area contributed by atoms with E-state index in [4.69, 9.17) is 0 Å². The van der Waals surface area contributed by atoms with Crippen molar-refractivity contribution in [3.63, 3.8) is 0 Å². The Morgan fingerprint density at radius 3 is 2.63 bits per heavy atom. The molecule has 1 aromatic rings. The van der Waals surface area contributed by atoms with Crippen molar-refractivity contribution in [3.8, 4) is 0 Å². The summed E-state index contributed by atoms with van der Waals surface area (Å²) in [5, 5.41) is 3.20. The number of nitrogens with one attached hydrogen (secondary N) is 1. The Morgan fingerprint density at radius 2 is 1.89 bits per heavy atom. The lowest BCUT2D eigenvalue weighted by Crippen LogP contribution is -2.42. The zero-order chi connectivity index (χ0) is 13.9. The molecule has 1 N–H and O–H groups in total. The molecule has 1 amide bonds. The number of para-hydroxylation sites is 1. The van der Waals surface area contributed by atoms with Crippen molar-refractivity contribution < 1.29 is 4.79 Å². The van der Waals surface area contributed by atoms with Gasteiger partial charge in [0.1, 0.15) is 0 Å². The van der Waals surface area contributed by atoms with Crippen molar-refractivity contribution in [1.82, 2.24) is 5.32 Å². The largest absolute Gasteiger partial charge is 0.311 e. The molecular formula is C16H24N2O. The number of hydrogen-bond acceptors (Lipinski definition) is 2. The second kappa shape index (κ2) is 5.74. The van der Waals surface area contributed by atoms with Gasteiger partial charge in [-0.05, 0) is 36.4 Å². The molecular weight excluding hydrogens is 236 g/mol. The van der Waals surface area contributed by atoms with Crippen LogP contribution in [0.25, 0.3) is 0 Å². The lowest BCUT2D eigenvalue weighted by molar-refractivity contribution is -0.118. The SMILES string of the molecule is CC(C)(C)c1ccccc1N1CCCCNCC1=O. The molecule has 0 saturated carbocycles. The van der Waals surface area contributed by atoms with Crippen molar-refractivity contribution in [2.45, 2.75) is 39.0 Å². The van der Waals surface area contributed by atoms with Crippen molar-refractivity contribution >= 4 is 11.6 Å². The Kier molecular flexibility index (Phi) is 4.25. The van der Waals surface area contributed by atoms with Crippen LogP contribution < -0.4 is 10.2 Å². The predicted molar refractivity (Wildman–Crippen MR) is 79.6 cm³/mol. The molecule has 1 fully saturated rings. The summed E-state index contributed by atoms with van der Waals surface area (Å²) in [5.41, 5.74) is 2.36. The summed E-state index contributed by atoms with van der Waals surface area (Å²) in [4.78, 5) is 14.3. The van der Waals surface area contributed by atoms with E-state index < -0.39 is 0 Å². The lowest BCUT2D eigenvalue weighted by Gasteiger charge is -2.31. The molecule has 1 aliphatic heterocycles. The van der Waals surface area contributed by atoms with Crippen LogP contribution in [0, 0.1) is 0 Å². The fraction of sp³-hybridized carbons (Fsp3) is 0.562. The fourth-order valence-corrected chi connectivity index (χ4v) is 2.53. The van der Waals surface area contributed by atoms with Gasteiger partial charge in [0.05, 0.1) is 6.54 Å². The maximum absolute atomic E-state index is 12.3. The normalized spacial score (nSPS) is 18.1. The van der Waals surface area contributed by atoms with Crippen LogP contribution >= 0.6 is 0 Å². The van der Waals surface area contributed by atoms with E-state index in [2.05, 4.69) is 44.3 Å². The van der Waals surface area contributed by atoms with Crippen LogP contribution in [0.2, 0.25) is 0 Å². The summed E-state index contributed by atoms with van der Waals surface area (Å²) in [5.74, 6) is 0.177. The van der Waals surface area contributed by atoms with E-state index in [0.717, 1.165) is 31.6 Å². The van der Waals surface area contributed by atoms with Gasteiger partial charge in [-0.3, -0.25) is 4.79 Å². The highest BCUT2D eigenvalue weighted by molar-refractivity contribution is 5.95. The number of nitrogens with zero attached hydrogens (tertiary/aromatic N) is 1. The molecule has 104 valence electrons. The zero-order valence-electron chi connectivity index (χ0n) is 12.2. The molecule has 3 heteroatoms. The number of rotatable bonds is 1. The minimum atomic E-state index is 0.0483.